The van der Waals surface area contributed by atoms with Gasteiger partial charge in [-0.2, -0.15) is 0 Å². The maximum Gasteiger partial charge on any atom is 0.255 e. The summed E-state index contributed by atoms with van der Waals surface area (Å²) in [6.07, 6.45) is 0. The molecule has 0 aliphatic carbocycles. The Kier molecular flexibility index (Phi) is 5.01. The third-order valence-corrected chi connectivity index (χ3v) is 3.35. The smallest absolute Gasteiger partial charge is 0.255 e. The van der Waals surface area contributed by atoms with Gasteiger partial charge in [-0.1, -0.05) is 24.3 Å². The zero-order valence-corrected chi connectivity index (χ0v) is 12.4. The van der Waals surface area contributed by atoms with Crippen LogP contribution in [0.2, 0.25) is 0 Å². The van der Waals surface area contributed by atoms with Crippen LogP contribution in [0.3, 0.4) is 0 Å². The van der Waals surface area contributed by atoms with Gasteiger partial charge in [-0.15, -0.1) is 0 Å². The Labute approximate surface area is 126 Å². The van der Waals surface area contributed by atoms with Crippen molar-refractivity contribution < 1.29 is 9.53 Å². The van der Waals surface area contributed by atoms with Gasteiger partial charge in [0, 0.05) is 16.7 Å². The normalized spacial score (nSPS) is 10.1. The van der Waals surface area contributed by atoms with E-state index in [0.29, 0.717) is 12.3 Å². The van der Waals surface area contributed by atoms with Crippen molar-refractivity contribution in [3.8, 4) is 5.75 Å². The molecule has 1 amide bonds. The maximum atomic E-state index is 10.6. The Hall–Kier alpha value is -2.01. The molecule has 5 heteroatoms. The number of hydrogen-bond acceptors (Lipinski definition) is 3. The molecular formula is C15H15BrN2O2. The Morgan fingerprint density at radius 2 is 1.85 bits per heavy atom. The molecule has 3 N–H and O–H groups in total. The van der Waals surface area contributed by atoms with E-state index in [0.717, 1.165) is 15.7 Å². The number of benzene rings is 2. The predicted octanol–water partition coefficient (Wildman–Crippen LogP) is 2.93. The number of nitrogens with two attached hydrogens (primary N) is 1. The molecule has 0 atom stereocenters. The minimum Gasteiger partial charge on any atom is -0.484 e. The van der Waals surface area contributed by atoms with Crippen molar-refractivity contribution in [1.82, 2.24) is 0 Å². The van der Waals surface area contributed by atoms with E-state index in [2.05, 4.69) is 21.2 Å². The third kappa shape index (κ3) is 4.28. The number of amides is 1. The monoisotopic (exact) mass is 334 g/mol. The van der Waals surface area contributed by atoms with Gasteiger partial charge in [0.1, 0.15) is 5.75 Å². The first-order chi connectivity index (χ1) is 9.65. The minimum atomic E-state index is -0.482. The van der Waals surface area contributed by atoms with Crippen LogP contribution in [0.15, 0.2) is 53.0 Å². The number of carbonyl (C=O) groups excluding carboxylic acids is 1. The number of anilines is 1. The molecule has 2 rings (SSSR count). The van der Waals surface area contributed by atoms with Crippen molar-refractivity contribution >= 4 is 27.5 Å². The summed E-state index contributed by atoms with van der Waals surface area (Å²) >= 11 is 3.49. The molecule has 104 valence electrons. The number of para-hydroxylation sites is 1. The fraction of sp³-hybridized carbons (Fsp3) is 0.133. The van der Waals surface area contributed by atoms with Gasteiger partial charge in [0.25, 0.3) is 5.91 Å². The molecule has 2 aromatic rings. The summed E-state index contributed by atoms with van der Waals surface area (Å²) in [4.78, 5) is 10.6. The number of hydrogen-bond donors (Lipinski definition) is 2. The fourth-order valence-corrected chi connectivity index (χ4v) is 2.08. The van der Waals surface area contributed by atoms with Gasteiger partial charge >= 0.3 is 0 Å². The molecule has 0 saturated carbocycles. The van der Waals surface area contributed by atoms with Crippen LogP contribution in [0, 0.1) is 0 Å². The molecule has 0 saturated heterocycles. The Balaban J connectivity index is 1.91. The number of ether oxygens (including phenoxy) is 1. The number of primary amides is 1. The maximum absolute atomic E-state index is 10.6. The molecule has 2 aromatic carbocycles. The Bertz CT molecular complexity index is 585. The highest BCUT2D eigenvalue weighted by molar-refractivity contribution is 9.10. The van der Waals surface area contributed by atoms with Crippen molar-refractivity contribution in [3.05, 3.63) is 58.6 Å². The summed E-state index contributed by atoms with van der Waals surface area (Å²) in [5.74, 6) is 0.151. The standard InChI is InChI=1S/C15H15BrN2O2/c16-13-3-1-2-4-14(13)18-9-11-5-7-12(8-6-11)20-10-15(17)19/h1-8,18H,9-10H2,(H2,17,19). The van der Waals surface area contributed by atoms with E-state index >= 15 is 0 Å². The lowest BCUT2D eigenvalue weighted by molar-refractivity contribution is -0.119. The average Bonchev–Trinajstić information content (AvgIpc) is 2.45. The summed E-state index contributed by atoms with van der Waals surface area (Å²) in [7, 11) is 0. The number of nitrogens with one attached hydrogen (secondary N) is 1. The van der Waals surface area contributed by atoms with Crippen molar-refractivity contribution in [3.63, 3.8) is 0 Å². The predicted molar refractivity (Wildman–Crippen MR) is 82.6 cm³/mol. The summed E-state index contributed by atoms with van der Waals surface area (Å²) in [6.45, 7) is 0.604. The van der Waals surface area contributed by atoms with Gasteiger partial charge in [0.2, 0.25) is 0 Å². The van der Waals surface area contributed by atoms with Crippen molar-refractivity contribution in [2.45, 2.75) is 6.54 Å². The second-order valence-corrected chi connectivity index (χ2v) is 5.09. The van der Waals surface area contributed by atoms with Crippen molar-refractivity contribution in [2.24, 2.45) is 5.73 Å². The van der Waals surface area contributed by atoms with E-state index in [4.69, 9.17) is 10.5 Å². The molecule has 0 heterocycles. The zero-order valence-electron chi connectivity index (χ0n) is 10.8. The fourth-order valence-electron chi connectivity index (χ4n) is 1.66. The quantitative estimate of drug-likeness (QED) is 0.853. The Morgan fingerprint density at radius 3 is 2.50 bits per heavy atom. The van der Waals surface area contributed by atoms with E-state index in [9.17, 15) is 4.79 Å². The molecule has 0 spiro atoms. The van der Waals surface area contributed by atoms with Gasteiger partial charge in [-0.3, -0.25) is 4.79 Å². The molecule has 0 aliphatic rings. The van der Waals surface area contributed by atoms with Crippen LogP contribution in [0.25, 0.3) is 0 Å². The first-order valence-electron chi connectivity index (χ1n) is 6.13. The average molecular weight is 335 g/mol. The summed E-state index contributed by atoms with van der Waals surface area (Å²) < 4.78 is 6.23. The zero-order chi connectivity index (χ0) is 14.4. The highest BCUT2D eigenvalue weighted by atomic mass is 79.9. The van der Waals surface area contributed by atoms with Crippen LogP contribution in [-0.4, -0.2) is 12.5 Å². The van der Waals surface area contributed by atoms with Crippen LogP contribution in [0.4, 0.5) is 5.69 Å². The van der Waals surface area contributed by atoms with Crippen LogP contribution in [0.1, 0.15) is 5.56 Å². The Morgan fingerprint density at radius 1 is 1.15 bits per heavy atom. The highest BCUT2D eigenvalue weighted by Crippen LogP contribution is 2.22. The minimum absolute atomic E-state index is 0.103. The van der Waals surface area contributed by atoms with Crippen LogP contribution in [0.5, 0.6) is 5.75 Å². The molecule has 0 bridgehead atoms. The second-order valence-electron chi connectivity index (χ2n) is 4.23. The molecule has 0 aromatic heterocycles. The SMILES string of the molecule is NC(=O)COc1ccc(CNc2ccccc2Br)cc1. The van der Waals surface area contributed by atoms with E-state index < -0.39 is 5.91 Å². The van der Waals surface area contributed by atoms with Gasteiger partial charge in [-0.05, 0) is 45.8 Å². The lowest BCUT2D eigenvalue weighted by Gasteiger charge is -2.09. The molecular weight excluding hydrogens is 320 g/mol. The van der Waals surface area contributed by atoms with Crippen molar-refractivity contribution in [2.75, 3.05) is 11.9 Å². The second kappa shape index (κ2) is 6.96. The molecule has 0 fully saturated rings. The highest BCUT2D eigenvalue weighted by Gasteiger charge is 2.00. The number of carbonyl (C=O) groups is 1. The lowest BCUT2D eigenvalue weighted by atomic mass is 10.2. The largest absolute Gasteiger partial charge is 0.484 e. The summed E-state index contributed by atoms with van der Waals surface area (Å²) in [6, 6.07) is 15.5. The van der Waals surface area contributed by atoms with Gasteiger partial charge in [0.15, 0.2) is 6.61 Å². The first kappa shape index (κ1) is 14.4. The van der Waals surface area contributed by atoms with E-state index in [-0.39, 0.29) is 6.61 Å². The van der Waals surface area contributed by atoms with Crippen LogP contribution in [-0.2, 0) is 11.3 Å². The molecule has 0 unspecified atom stereocenters. The van der Waals surface area contributed by atoms with Gasteiger partial charge < -0.3 is 15.8 Å². The van der Waals surface area contributed by atoms with E-state index in [1.807, 2.05) is 48.5 Å². The van der Waals surface area contributed by atoms with Crippen molar-refractivity contribution in [1.29, 1.82) is 0 Å². The molecule has 4 nitrogen and oxygen atoms in total. The third-order valence-electron chi connectivity index (χ3n) is 2.66. The molecule has 20 heavy (non-hydrogen) atoms. The van der Waals surface area contributed by atoms with E-state index in [1.165, 1.54) is 0 Å². The van der Waals surface area contributed by atoms with Gasteiger partial charge in [-0.25, -0.2) is 0 Å². The van der Waals surface area contributed by atoms with Gasteiger partial charge in [0.05, 0.1) is 0 Å². The van der Waals surface area contributed by atoms with Crippen LogP contribution < -0.4 is 15.8 Å². The number of halogens is 1. The lowest BCUT2D eigenvalue weighted by Crippen LogP contribution is -2.19. The molecule has 0 aliphatic heterocycles. The first-order valence-corrected chi connectivity index (χ1v) is 6.93. The van der Waals surface area contributed by atoms with E-state index in [1.54, 1.807) is 0 Å². The van der Waals surface area contributed by atoms with Crippen LogP contribution >= 0.6 is 15.9 Å². The molecule has 0 radical (unpaired) electrons. The summed E-state index contributed by atoms with van der Waals surface area (Å²) in [5.41, 5.74) is 7.18. The topological polar surface area (TPSA) is 64.4 Å². The summed E-state index contributed by atoms with van der Waals surface area (Å²) in [5, 5.41) is 3.34. The number of rotatable bonds is 6.